The molecule has 2 unspecified atom stereocenters. The van der Waals surface area contributed by atoms with Gasteiger partial charge in [-0.05, 0) is 39.0 Å². The number of hydrogen-bond acceptors (Lipinski definition) is 0. The minimum absolute atomic E-state index is 0.732. The minimum atomic E-state index is 0.732. The van der Waals surface area contributed by atoms with E-state index in [2.05, 4.69) is 38.7 Å². The van der Waals surface area contributed by atoms with Crippen LogP contribution in [0.25, 0.3) is 0 Å². The van der Waals surface area contributed by atoms with Crippen molar-refractivity contribution < 1.29 is 0 Å². The maximum absolute atomic E-state index is 3.33. The summed E-state index contributed by atoms with van der Waals surface area (Å²) in [4.78, 5) is 0. The molecule has 1 aliphatic rings. The summed E-state index contributed by atoms with van der Waals surface area (Å²) < 4.78 is 0. The van der Waals surface area contributed by atoms with Gasteiger partial charge in [0.15, 0.2) is 0 Å². The van der Waals surface area contributed by atoms with Gasteiger partial charge in [0.05, 0.1) is 0 Å². The van der Waals surface area contributed by atoms with Gasteiger partial charge < -0.3 is 0 Å². The van der Waals surface area contributed by atoms with Crippen LogP contribution in [0, 0.1) is 23.7 Å². The van der Waals surface area contributed by atoms with E-state index in [0.717, 1.165) is 11.8 Å². The van der Waals surface area contributed by atoms with Crippen LogP contribution in [0.15, 0.2) is 11.6 Å². The Bertz CT molecular complexity index is 274. The van der Waals surface area contributed by atoms with Crippen LogP contribution in [-0.2, 0) is 0 Å². The highest BCUT2D eigenvalue weighted by molar-refractivity contribution is 5.22. The zero-order chi connectivity index (χ0) is 11.8. The van der Waals surface area contributed by atoms with Gasteiger partial charge in [0.25, 0.3) is 0 Å². The standard InChI is InChI=1S/C16H26/c1-4-8-14(3)10-6-7-11-16-13-12-15(16)9-5-2/h8,15-16H,4-7,9-11H2,1-3H3. The molecule has 0 N–H and O–H groups in total. The van der Waals surface area contributed by atoms with Crippen molar-refractivity contribution in [2.24, 2.45) is 11.8 Å². The number of hydrogen-bond donors (Lipinski definition) is 0. The second kappa shape index (κ2) is 7.55. The first-order valence-electron chi connectivity index (χ1n) is 6.94. The summed E-state index contributed by atoms with van der Waals surface area (Å²) in [5, 5.41) is 0. The average Bonchev–Trinajstić information content (AvgIpc) is 2.24. The van der Waals surface area contributed by atoms with Crippen LogP contribution >= 0.6 is 0 Å². The highest BCUT2D eigenvalue weighted by atomic mass is 14.2. The van der Waals surface area contributed by atoms with E-state index in [0.29, 0.717) is 0 Å². The topological polar surface area (TPSA) is 0 Å². The van der Waals surface area contributed by atoms with Gasteiger partial charge >= 0.3 is 0 Å². The van der Waals surface area contributed by atoms with Crippen LogP contribution in [0.5, 0.6) is 0 Å². The van der Waals surface area contributed by atoms with E-state index in [1.54, 1.807) is 5.57 Å². The van der Waals surface area contributed by atoms with Gasteiger partial charge in [-0.25, -0.2) is 0 Å². The molecule has 0 aromatic rings. The van der Waals surface area contributed by atoms with Gasteiger partial charge in [-0.1, -0.05) is 50.2 Å². The highest BCUT2D eigenvalue weighted by Gasteiger charge is 2.22. The fourth-order valence-corrected chi connectivity index (χ4v) is 2.40. The Morgan fingerprint density at radius 1 is 1.06 bits per heavy atom. The molecular formula is C16H26. The van der Waals surface area contributed by atoms with Crippen molar-refractivity contribution in [2.75, 3.05) is 0 Å². The summed E-state index contributed by atoms with van der Waals surface area (Å²) in [5.41, 5.74) is 1.56. The molecular weight excluding hydrogens is 192 g/mol. The first kappa shape index (κ1) is 13.4. The molecule has 1 rings (SSSR count). The molecule has 0 saturated carbocycles. The number of allylic oxidation sites excluding steroid dienone is 2. The summed E-state index contributed by atoms with van der Waals surface area (Å²) >= 11 is 0. The van der Waals surface area contributed by atoms with Gasteiger partial charge in [0, 0.05) is 11.8 Å². The lowest BCUT2D eigenvalue weighted by Gasteiger charge is -2.24. The normalized spacial score (nSPS) is 23.6. The third kappa shape index (κ3) is 4.44. The Morgan fingerprint density at radius 3 is 2.31 bits per heavy atom. The molecule has 0 amide bonds. The van der Waals surface area contributed by atoms with E-state index in [1.165, 1.54) is 44.9 Å². The van der Waals surface area contributed by atoms with Gasteiger partial charge in [-0.3, -0.25) is 0 Å². The number of unbranched alkanes of at least 4 members (excludes halogenated alkanes) is 1. The Morgan fingerprint density at radius 2 is 1.75 bits per heavy atom. The lowest BCUT2D eigenvalue weighted by atomic mass is 9.79. The van der Waals surface area contributed by atoms with Crippen LogP contribution < -0.4 is 0 Å². The van der Waals surface area contributed by atoms with Crippen molar-refractivity contribution in [1.29, 1.82) is 0 Å². The Kier molecular flexibility index (Phi) is 6.31. The molecule has 2 atom stereocenters. The summed E-state index contributed by atoms with van der Waals surface area (Å²) in [6.07, 6.45) is 11.4. The van der Waals surface area contributed by atoms with E-state index < -0.39 is 0 Å². The molecule has 0 saturated heterocycles. The first-order chi connectivity index (χ1) is 7.77. The molecule has 0 bridgehead atoms. The van der Waals surface area contributed by atoms with Crippen LogP contribution in [0.2, 0.25) is 0 Å². The maximum Gasteiger partial charge on any atom is 0.0340 e. The summed E-state index contributed by atoms with van der Waals surface area (Å²) in [5.74, 6) is 8.10. The first-order valence-corrected chi connectivity index (χ1v) is 6.94. The van der Waals surface area contributed by atoms with Crippen molar-refractivity contribution in [2.45, 2.75) is 65.7 Å². The number of rotatable bonds is 8. The largest absolute Gasteiger partial charge is 0.0983 e. The van der Waals surface area contributed by atoms with Crippen molar-refractivity contribution in [3.8, 4) is 11.8 Å². The van der Waals surface area contributed by atoms with Gasteiger partial charge in [0.1, 0.15) is 0 Å². The molecule has 0 nitrogen and oxygen atoms in total. The quantitative estimate of drug-likeness (QED) is 0.307. The highest BCUT2D eigenvalue weighted by Crippen LogP contribution is 2.28. The average molecular weight is 218 g/mol. The zero-order valence-electron chi connectivity index (χ0n) is 11.2. The molecule has 0 heteroatoms. The van der Waals surface area contributed by atoms with Crippen LogP contribution in [-0.4, -0.2) is 0 Å². The lowest BCUT2D eigenvalue weighted by Crippen LogP contribution is -2.18. The third-order valence-electron chi connectivity index (χ3n) is 3.43. The van der Waals surface area contributed by atoms with E-state index in [1.807, 2.05) is 0 Å². The summed E-state index contributed by atoms with van der Waals surface area (Å²) in [6.45, 7) is 6.73. The molecule has 16 heavy (non-hydrogen) atoms. The molecule has 0 aromatic heterocycles. The van der Waals surface area contributed by atoms with E-state index in [9.17, 15) is 0 Å². The molecule has 1 aliphatic carbocycles. The van der Waals surface area contributed by atoms with Gasteiger partial charge in [-0.15, -0.1) is 0 Å². The summed E-state index contributed by atoms with van der Waals surface area (Å²) in [7, 11) is 0. The Balaban J connectivity index is 2.05. The second-order valence-corrected chi connectivity index (χ2v) is 4.99. The smallest absolute Gasteiger partial charge is 0.0340 e. The molecule has 0 heterocycles. The lowest BCUT2D eigenvalue weighted by molar-refractivity contribution is 0.400. The van der Waals surface area contributed by atoms with Crippen LogP contribution in [0.3, 0.4) is 0 Å². The molecule has 0 fully saturated rings. The fraction of sp³-hybridized carbons (Fsp3) is 0.750. The summed E-state index contributed by atoms with van der Waals surface area (Å²) in [6, 6.07) is 0. The van der Waals surface area contributed by atoms with Crippen molar-refractivity contribution in [3.63, 3.8) is 0 Å². The van der Waals surface area contributed by atoms with Crippen molar-refractivity contribution in [1.82, 2.24) is 0 Å². The molecule has 0 aromatic carbocycles. The zero-order valence-corrected chi connectivity index (χ0v) is 11.2. The molecule has 0 spiro atoms. The monoisotopic (exact) mass is 218 g/mol. The van der Waals surface area contributed by atoms with E-state index >= 15 is 0 Å². The Labute approximate surface area is 102 Å². The second-order valence-electron chi connectivity index (χ2n) is 4.99. The minimum Gasteiger partial charge on any atom is -0.0983 e. The molecule has 0 radical (unpaired) electrons. The molecule has 0 aliphatic heterocycles. The van der Waals surface area contributed by atoms with E-state index in [-0.39, 0.29) is 0 Å². The maximum atomic E-state index is 3.33. The van der Waals surface area contributed by atoms with Crippen LogP contribution in [0.1, 0.15) is 65.7 Å². The molecule has 90 valence electrons. The predicted octanol–water partition coefficient (Wildman–Crippen LogP) is 4.95. The third-order valence-corrected chi connectivity index (χ3v) is 3.43. The van der Waals surface area contributed by atoms with Gasteiger partial charge in [-0.2, -0.15) is 0 Å². The van der Waals surface area contributed by atoms with E-state index in [4.69, 9.17) is 0 Å². The predicted molar refractivity (Wildman–Crippen MR) is 72.2 cm³/mol. The fourth-order valence-electron chi connectivity index (χ4n) is 2.40. The Hall–Kier alpha value is -0.700. The SMILES string of the molecule is CCC=C(C)CCCCC1C#CC1CCC. The van der Waals surface area contributed by atoms with Gasteiger partial charge in [0.2, 0.25) is 0 Å². The van der Waals surface area contributed by atoms with Crippen molar-refractivity contribution in [3.05, 3.63) is 11.6 Å². The van der Waals surface area contributed by atoms with Crippen molar-refractivity contribution >= 4 is 0 Å². The van der Waals surface area contributed by atoms with Crippen LogP contribution in [0.4, 0.5) is 0 Å².